The first-order valence-corrected chi connectivity index (χ1v) is 9.52. The molecule has 0 aliphatic carbocycles. The van der Waals surface area contributed by atoms with E-state index in [4.69, 9.17) is 10.5 Å². The lowest BCUT2D eigenvalue weighted by Crippen LogP contribution is -2.51. The summed E-state index contributed by atoms with van der Waals surface area (Å²) in [7, 11) is 0. The SMILES string of the molecule is Cc1ccc(OCC(=O)N2CCN(C(=O)c3cc(C(N)=O)ccc3C)CC2)cc1. The van der Waals surface area contributed by atoms with Gasteiger partial charge in [0.15, 0.2) is 6.61 Å². The first-order chi connectivity index (χ1) is 13.8. The molecule has 1 heterocycles. The van der Waals surface area contributed by atoms with Gasteiger partial charge in [0, 0.05) is 37.3 Å². The Kier molecular flexibility index (Phi) is 6.16. The first-order valence-electron chi connectivity index (χ1n) is 9.52. The lowest BCUT2D eigenvalue weighted by Gasteiger charge is -2.35. The molecule has 1 saturated heterocycles. The Bertz CT molecular complexity index is 916. The van der Waals surface area contributed by atoms with E-state index in [1.54, 1.807) is 21.9 Å². The molecule has 2 aromatic rings. The second-order valence-electron chi connectivity index (χ2n) is 7.17. The Labute approximate surface area is 170 Å². The molecule has 7 nitrogen and oxygen atoms in total. The molecule has 7 heteroatoms. The van der Waals surface area contributed by atoms with Crippen molar-refractivity contribution < 1.29 is 19.1 Å². The third-order valence-corrected chi connectivity index (χ3v) is 5.06. The van der Waals surface area contributed by atoms with Crippen molar-refractivity contribution in [3.05, 3.63) is 64.7 Å². The molecule has 0 unspecified atom stereocenters. The highest BCUT2D eigenvalue weighted by Gasteiger charge is 2.26. The molecule has 1 fully saturated rings. The van der Waals surface area contributed by atoms with Crippen LogP contribution in [-0.2, 0) is 4.79 Å². The zero-order chi connectivity index (χ0) is 21.0. The Morgan fingerprint density at radius 3 is 2.17 bits per heavy atom. The normalized spacial score (nSPS) is 13.9. The lowest BCUT2D eigenvalue weighted by atomic mass is 10.0. The minimum Gasteiger partial charge on any atom is -0.484 e. The number of carbonyl (C=O) groups excluding carboxylic acids is 3. The van der Waals surface area contributed by atoms with E-state index in [1.165, 1.54) is 6.07 Å². The highest BCUT2D eigenvalue weighted by molar-refractivity contribution is 6.00. The number of piperazine rings is 1. The minimum absolute atomic E-state index is 0.0310. The number of nitrogens with two attached hydrogens (primary N) is 1. The average molecular weight is 395 g/mol. The van der Waals surface area contributed by atoms with Gasteiger partial charge in [0.05, 0.1) is 0 Å². The Balaban J connectivity index is 1.55. The third kappa shape index (κ3) is 4.93. The topological polar surface area (TPSA) is 92.9 Å². The second-order valence-corrected chi connectivity index (χ2v) is 7.17. The molecular formula is C22H25N3O4. The van der Waals surface area contributed by atoms with Gasteiger partial charge in [-0.3, -0.25) is 14.4 Å². The zero-order valence-corrected chi connectivity index (χ0v) is 16.7. The van der Waals surface area contributed by atoms with Crippen molar-refractivity contribution in [1.29, 1.82) is 0 Å². The van der Waals surface area contributed by atoms with E-state index in [0.717, 1.165) is 11.1 Å². The summed E-state index contributed by atoms with van der Waals surface area (Å²) in [5, 5.41) is 0. The van der Waals surface area contributed by atoms with E-state index in [1.807, 2.05) is 38.1 Å². The number of nitrogens with zero attached hydrogens (tertiary/aromatic N) is 2. The number of aryl methyl sites for hydroxylation is 2. The summed E-state index contributed by atoms with van der Waals surface area (Å²) < 4.78 is 5.56. The van der Waals surface area contributed by atoms with Gasteiger partial charge in [-0.05, 0) is 43.7 Å². The van der Waals surface area contributed by atoms with E-state index < -0.39 is 5.91 Å². The molecule has 0 radical (unpaired) electrons. The summed E-state index contributed by atoms with van der Waals surface area (Å²) in [5.41, 5.74) is 8.00. The fourth-order valence-corrected chi connectivity index (χ4v) is 3.21. The molecule has 1 aliphatic heterocycles. The van der Waals surface area contributed by atoms with Crippen LogP contribution in [0.1, 0.15) is 31.8 Å². The zero-order valence-electron chi connectivity index (χ0n) is 16.7. The van der Waals surface area contributed by atoms with Crippen molar-refractivity contribution in [2.75, 3.05) is 32.8 Å². The molecule has 0 aromatic heterocycles. The van der Waals surface area contributed by atoms with Crippen LogP contribution in [0.15, 0.2) is 42.5 Å². The number of ether oxygens (including phenoxy) is 1. The Hall–Kier alpha value is -3.35. The van der Waals surface area contributed by atoms with Crippen LogP contribution in [0.2, 0.25) is 0 Å². The summed E-state index contributed by atoms with van der Waals surface area (Å²) in [6, 6.07) is 12.4. The van der Waals surface area contributed by atoms with Crippen LogP contribution in [0.4, 0.5) is 0 Å². The van der Waals surface area contributed by atoms with Crippen LogP contribution >= 0.6 is 0 Å². The number of hydrogen-bond acceptors (Lipinski definition) is 4. The molecule has 2 N–H and O–H groups in total. The molecule has 0 bridgehead atoms. The summed E-state index contributed by atoms with van der Waals surface area (Å²) >= 11 is 0. The maximum atomic E-state index is 12.9. The molecule has 152 valence electrons. The predicted molar refractivity (Wildman–Crippen MR) is 109 cm³/mol. The quantitative estimate of drug-likeness (QED) is 0.835. The maximum Gasteiger partial charge on any atom is 0.260 e. The Morgan fingerprint density at radius 2 is 1.55 bits per heavy atom. The summed E-state index contributed by atoms with van der Waals surface area (Å²) in [5.74, 6) is -0.177. The van der Waals surface area contributed by atoms with Gasteiger partial charge in [-0.15, -0.1) is 0 Å². The van der Waals surface area contributed by atoms with E-state index in [-0.39, 0.29) is 18.4 Å². The van der Waals surface area contributed by atoms with Crippen molar-refractivity contribution in [2.45, 2.75) is 13.8 Å². The van der Waals surface area contributed by atoms with Crippen LogP contribution in [0, 0.1) is 13.8 Å². The Morgan fingerprint density at radius 1 is 0.931 bits per heavy atom. The van der Waals surface area contributed by atoms with Gasteiger partial charge in [0.1, 0.15) is 5.75 Å². The second kappa shape index (κ2) is 8.77. The largest absolute Gasteiger partial charge is 0.484 e. The van der Waals surface area contributed by atoms with E-state index in [2.05, 4.69) is 0 Å². The number of rotatable bonds is 5. The summed E-state index contributed by atoms with van der Waals surface area (Å²) in [6.07, 6.45) is 0. The standard InChI is InChI=1S/C22H25N3O4/c1-15-3-7-18(8-4-15)29-14-20(26)24-9-11-25(12-10-24)22(28)19-13-17(21(23)27)6-5-16(19)2/h3-8,13H,9-12,14H2,1-2H3,(H2,23,27). The third-order valence-electron chi connectivity index (χ3n) is 5.06. The lowest BCUT2D eigenvalue weighted by molar-refractivity contribution is -0.134. The molecule has 0 spiro atoms. The maximum absolute atomic E-state index is 12.9. The molecule has 3 rings (SSSR count). The smallest absolute Gasteiger partial charge is 0.260 e. The fourth-order valence-electron chi connectivity index (χ4n) is 3.21. The monoisotopic (exact) mass is 395 g/mol. The van der Waals surface area contributed by atoms with E-state index >= 15 is 0 Å². The van der Waals surface area contributed by atoms with Crippen LogP contribution in [-0.4, -0.2) is 60.3 Å². The van der Waals surface area contributed by atoms with Crippen molar-refractivity contribution in [1.82, 2.24) is 9.80 Å². The summed E-state index contributed by atoms with van der Waals surface area (Å²) in [4.78, 5) is 40.1. The predicted octanol–water partition coefficient (Wildman–Crippen LogP) is 1.77. The van der Waals surface area contributed by atoms with Crippen molar-refractivity contribution in [3.8, 4) is 5.75 Å². The number of carbonyl (C=O) groups is 3. The highest BCUT2D eigenvalue weighted by Crippen LogP contribution is 2.16. The van der Waals surface area contributed by atoms with Crippen molar-refractivity contribution in [3.63, 3.8) is 0 Å². The number of amides is 3. The molecule has 29 heavy (non-hydrogen) atoms. The number of hydrogen-bond donors (Lipinski definition) is 1. The van der Waals surface area contributed by atoms with Crippen LogP contribution in [0.5, 0.6) is 5.75 Å². The van der Waals surface area contributed by atoms with Gasteiger partial charge in [0.2, 0.25) is 5.91 Å². The van der Waals surface area contributed by atoms with Crippen LogP contribution in [0.3, 0.4) is 0 Å². The van der Waals surface area contributed by atoms with Gasteiger partial charge in [-0.1, -0.05) is 23.8 Å². The minimum atomic E-state index is -0.567. The van der Waals surface area contributed by atoms with E-state index in [0.29, 0.717) is 43.1 Å². The van der Waals surface area contributed by atoms with Crippen LogP contribution in [0.25, 0.3) is 0 Å². The average Bonchev–Trinajstić information content (AvgIpc) is 2.73. The van der Waals surface area contributed by atoms with Gasteiger partial charge >= 0.3 is 0 Å². The van der Waals surface area contributed by atoms with Gasteiger partial charge in [-0.2, -0.15) is 0 Å². The van der Waals surface area contributed by atoms with Crippen molar-refractivity contribution >= 4 is 17.7 Å². The molecule has 0 atom stereocenters. The van der Waals surface area contributed by atoms with E-state index in [9.17, 15) is 14.4 Å². The number of benzene rings is 2. The molecular weight excluding hydrogens is 370 g/mol. The van der Waals surface area contributed by atoms with Gasteiger partial charge < -0.3 is 20.3 Å². The van der Waals surface area contributed by atoms with Crippen molar-refractivity contribution in [2.24, 2.45) is 5.73 Å². The summed E-state index contributed by atoms with van der Waals surface area (Å²) in [6.45, 7) is 5.51. The first kappa shape index (κ1) is 20.4. The molecule has 3 amide bonds. The molecule has 0 saturated carbocycles. The number of primary amides is 1. The fraction of sp³-hybridized carbons (Fsp3) is 0.318. The molecule has 1 aliphatic rings. The van der Waals surface area contributed by atoms with Gasteiger partial charge in [-0.25, -0.2) is 0 Å². The highest BCUT2D eigenvalue weighted by atomic mass is 16.5. The molecule has 2 aromatic carbocycles. The van der Waals surface area contributed by atoms with Gasteiger partial charge in [0.25, 0.3) is 11.8 Å². The van der Waals surface area contributed by atoms with Crippen LogP contribution < -0.4 is 10.5 Å².